The molecule has 0 radical (unpaired) electrons. The van der Waals surface area contributed by atoms with Crippen LogP contribution >= 0.6 is 0 Å². The molecular formula is C18H19N3O3S. The molecule has 2 aromatic carbocycles. The maximum Gasteiger partial charge on any atom is 0.268 e. The molecule has 0 bridgehead atoms. The molecular weight excluding hydrogens is 338 g/mol. The number of hydrogen-bond acceptors (Lipinski definition) is 5. The average Bonchev–Trinajstić information content (AvgIpc) is 3.04. The van der Waals surface area contributed by atoms with Gasteiger partial charge in [0, 0.05) is 13.1 Å². The molecule has 0 amide bonds. The molecule has 2 heterocycles. The van der Waals surface area contributed by atoms with E-state index in [9.17, 15) is 8.42 Å². The number of guanidine groups is 1. The number of ether oxygens (including phenoxy) is 1. The van der Waals surface area contributed by atoms with Gasteiger partial charge in [0.1, 0.15) is 10.6 Å². The highest BCUT2D eigenvalue weighted by Crippen LogP contribution is 2.34. The summed E-state index contributed by atoms with van der Waals surface area (Å²) in [6.45, 7) is 1.82. The third-order valence-corrected chi connectivity index (χ3v) is 6.39. The fourth-order valence-electron chi connectivity index (χ4n) is 3.19. The van der Waals surface area contributed by atoms with Crippen molar-refractivity contribution in [2.24, 2.45) is 4.99 Å². The maximum atomic E-state index is 12.8. The largest absolute Gasteiger partial charge is 0.497 e. The zero-order chi connectivity index (χ0) is 17.4. The van der Waals surface area contributed by atoms with Crippen LogP contribution in [0.25, 0.3) is 0 Å². The Morgan fingerprint density at radius 1 is 1.08 bits per heavy atom. The number of aliphatic imine (C=N–C) groups is 1. The molecule has 2 aliphatic rings. The molecule has 0 aliphatic carbocycles. The van der Waals surface area contributed by atoms with Crippen molar-refractivity contribution < 1.29 is 13.2 Å². The Bertz CT molecular complexity index is 923. The Morgan fingerprint density at radius 3 is 2.60 bits per heavy atom. The van der Waals surface area contributed by atoms with Gasteiger partial charge in [0.2, 0.25) is 5.96 Å². The Morgan fingerprint density at radius 2 is 1.84 bits per heavy atom. The number of para-hydroxylation sites is 1. The lowest BCUT2D eigenvalue weighted by Crippen LogP contribution is -2.40. The summed E-state index contributed by atoms with van der Waals surface area (Å²) in [5.74, 6) is 1.36. The summed E-state index contributed by atoms with van der Waals surface area (Å²) in [5.41, 5.74) is 1.70. The van der Waals surface area contributed by atoms with E-state index in [2.05, 4.69) is 4.99 Å². The summed E-state index contributed by atoms with van der Waals surface area (Å²) in [4.78, 5) is 6.92. The first-order valence-electron chi connectivity index (χ1n) is 8.18. The van der Waals surface area contributed by atoms with Crippen LogP contribution in [0.3, 0.4) is 0 Å². The number of methoxy groups -OCH3 is 1. The van der Waals surface area contributed by atoms with Gasteiger partial charge in [0.25, 0.3) is 10.0 Å². The second-order valence-corrected chi connectivity index (χ2v) is 7.87. The summed E-state index contributed by atoms with van der Waals surface area (Å²) in [7, 11) is -1.85. The molecule has 25 heavy (non-hydrogen) atoms. The second kappa shape index (κ2) is 6.07. The highest BCUT2D eigenvalue weighted by atomic mass is 32.2. The van der Waals surface area contributed by atoms with Crippen LogP contribution < -0.4 is 4.74 Å². The molecule has 0 spiro atoms. The van der Waals surface area contributed by atoms with Gasteiger partial charge in [-0.2, -0.15) is 0 Å². The SMILES string of the molecule is COc1ccc(CCN2CCN3C2=Nc2ccccc2S3(=O)=O)cc1. The first kappa shape index (κ1) is 16.0. The molecule has 130 valence electrons. The van der Waals surface area contributed by atoms with Crippen molar-refractivity contribution in [1.29, 1.82) is 0 Å². The molecule has 0 N–H and O–H groups in total. The van der Waals surface area contributed by atoms with Gasteiger partial charge in [-0.3, -0.25) is 0 Å². The minimum absolute atomic E-state index is 0.288. The quantitative estimate of drug-likeness (QED) is 0.842. The van der Waals surface area contributed by atoms with E-state index in [1.165, 1.54) is 9.87 Å². The fourth-order valence-corrected chi connectivity index (χ4v) is 4.74. The first-order chi connectivity index (χ1) is 12.1. The van der Waals surface area contributed by atoms with Crippen LogP contribution in [0.4, 0.5) is 5.69 Å². The van der Waals surface area contributed by atoms with Crippen LogP contribution in [-0.4, -0.2) is 50.3 Å². The molecule has 0 unspecified atom stereocenters. The predicted molar refractivity (Wildman–Crippen MR) is 95.7 cm³/mol. The van der Waals surface area contributed by atoms with Crippen molar-refractivity contribution >= 4 is 21.7 Å². The van der Waals surface area contributed by atoms with Crippen molar-refractivity contribution in [2.75, 3.05) is 26.7 Å². The number of rotatable bonds is 4. The van der Waals surface area contributed by atoms with E-state index in [0.717, 1.165) is 18.7 Å². The molecule has 7 heteroatoms. The van der Waals surface area contributed by atoms with Crippen LogP contribution in [0.5, 0.6) is 5.75 Å². The normalized spacial score (nSPS) is 17.7. The summed E-state index contributed by atoms with van der Waals surface area (Å²) >= 11 is 0. The van der Waals surface area contributed by atoms with Crippen LogP contribution in [0.15, 0.2) is 58.4 Å². The van der Waals surface area contributed by atoms with E-state index in [4.69, 9.17) is 4.74 Å². The average molecular weight is 357 g/mol. The van der Waals surface area contributed by atoms with Crippen molar-refractivity contribution in [3.05, 3.63) is 54.1 Å². The lowest BCUT2D eigenvalue weighted by molar-refractivity contribution is 0.414. The predicted octanol–water partition coefficient (Wildman–Crippen LogP) is 2.25. The van der Waals surface area contributed by atoms with E-state index in [0.29, 0.717) is 24.7 Å². The van der Waals surface area contributed by atoms with Gasteiger partial charge in [0.05, 0.1) is 19.3 Å². The lowest BCUT2D eigenvalue weighted by atomic mass is 10.1. The Labute approximate surface area is 147 Å². The highest BCUT2D eigenvalue weighted by molar-refractivity contribution is 7.90. The number of sulfonamides is 1. The monoisotopic (exact) mass is 357 g/mol. The van der Waals surface area contributed by atoms with Crippen LogP contribution in [0.1, 0.15) is 5.56 Å². The summed E-state index contributed by atoms with van der Waals surface area (Å²) in [6, 6.07) is 14.8. The third-order valence-electron chi connectivity index (χ3n) is 4.56. The molecule has 0 atom stereocenters. The van der Waals surface area contributed by atoms with Gasteiger partial charge in [-0.05, 0) is 36.2 Å². The van der Waals surface area contributed by atoms with Crippen molar-refractivity contribution in [3.8, 4) is 5.75 Å². The van der Waals surface area contributed by atoms with Crippen molar-refractivity contribution in [3.63, 3.8) is 0 Å². The Balaban J connectivity index is 1.56. The molecule has 4 rings (SSSR count). The minimum Gasteiger partial charge on any atom is -0.497 e. The number of nitrogens with zero attached hydrogens (tertiary/aromatic N) is 3. The van der Waals surface area contributed by atoms with Crippen LogP contribution in [0, 0.1) is 0 Å². The van der Waals surface area contributed by atoms with E-state index in [1.54, 1.807) is 25.3 Å². The molecule has 1 fully saturated rings. The Kier molecular flexibility index (Phi) is 3.88. The Hall–Kier alpha value is -2.54. The van der Waals surface area contributed by atoms with Crippen molar-refractivity contribution in [2.45, 2.75) is 11.3 Å². The van der Waals surface area contributed by atoms with Crippen LogP contribution in [0.2, 0.25) is 0 Å². The van der Waals surface area contributed by atoms with E-state index < -0.39 is 10.0 Å². The lowest BCUT2D eigenvalue weighted by Gasteiger charge is -2.27. The van der Waals surface area contributed by atoms with E-state index >= 15 is 0 Å². The number of hydrogen-bond donors (Lipinski definition) is 0. The van der Waals surface area contributed by atoms with Gasteiger partial charge in [-0.25, -0.2) is 17.7 Å². The third kappa shape index (κ3) is 2.74. The maximum absolute atomic E-state index is 12.8. The molecule has 1 saturated heterocycles. The topological polar surface area (TPSA) is 62.2 Å². The molecule has 6 nitrogen and oxygen atoms in total. The smallest absolute Gasteiger partial charge is 0.268 e. The summed E-state index contributed by atoms with van der Waals surface area (Å²) in [5, 5.41) is 0. The standard InChI is InChI=1S/C18H19N3O3S/c1-24-15-8-6-14(7-9-15)10-11-20-12-13-21-18(20)19-16-4-2-3-5-17(16)25(21,22)23/h2-9H,10-13H2,1H3. The van der Waals surface area contributed by atoms with E-state index in [-0.39, 0.29) is 4.90 Å². The van der Waals surface area contributed by atoms with Crippen LogP contribution in [-0.2, 0) is 16.4 Å². The number of fused-ring (bicyclic) bond motifs is 2. The highest BCUT2D eigenvalue weighted by Gasteiger charge is 2.40. The van der Waals surface area contributed by atoms with Gasteiger partial charge in [-0.15, -0.1) is 0 Å². The molecule has 0 aromatic heterocycles. The number of benzene rings is 2. The second-order valence-electron chi connectivity index (χ2n) is 6.04. The van der Waals surface area contributed by atoms with E-state index in [1.807, 2.05) is 35.2 Å². The zero-order valence-electron chi connectivity index (χ0n) is 13.9. The zero-order valence-corrected chi connectivity index (χ0v) is 14.7. The first-order valence-corrected chi connectivity index (χ1v) is 9.62. The van der Waals surface area contributed by atoms with Gasteiger partial charge >= 0.3 is 0 Å². The molecule has 2 aromatic rings. The minimum atomic E-state index is -3.50. The molecule has 2 aliphatic heterocycles. The van der Waals surface area contributed by atoms with Gasteiger partial charge < -0.3 is 9.64 Å². The van der Waals surface area contributed by atoms with Gasteiger partial charge in [-0.1, -0.05) is 24.3 Å². The van der Waals surface area contributed by atoms with Gasteiger partial charge in [0.15, 0.2) is 0 Å². The summed E-state index contributed by atoms with van der Waals surface area (Å²) < 4.78 is 32.2. The summed E-state index contributed by atoms with van der Waals surface area (Å²) in [6.07, 6.45) is 0.818. The van der Waals surface area contributed by atoms with Crippen molar-refractivity contribution in [1.82, 2.24) is 9.21 Å². The fraction of sp³-hybridized carbons (Fsp3) is 0.278. The molecule has 0 saturated carbocycles.